The molecule has 0 radical (unpaired) electrons. The fraction of sp³-hybridized carbons (Fsp3) is 0.167. The lowest BCUT2D eigenvalue weighted by Crippen LogP contribution is -2.03. The Morgan fingerprint density at radius 3 is 2.83 bits per heavy atom. The molecule has 2 aromatic heterocycles. The molecule has 0 bridgehead atoms. The number of nitrogens with two attached hydrogens (primary N) is 1. The van der Waals surface area contributed by atoms with Crippen LogP contribution in [0.15, 0.2) is 18.5 Å². The zero-order chi connectivity index (χ0) is 8.55. The number of rotatable bonds is 1. The fourth-order valence-electron chi connectivity index (χ4n) is 0.980. The molecule has 2 rings (SSSR count). The van der Waals surface area contributed by atoms with Gasteiger partial charge in [0, 0.05) is 13.1 Å². The van der Waals surface area contributed by atoms with Crippen LogP contribution in [0.2, 0.25) is 0 Å². The van der Waals surface area contributed by atoms with E-state index in [9.17, 15) is 0 Å². The van der Waals surface area contributed by atoms with Crippen LogP contribution in [0.3, 0.4) is 0 Å². The van der Waals surface area contributed by atoms with Crippen LogP contribution in [0.4, 0.5) is 5.82 Å². The Kier molecular flexibility index (Phi) is 1.33. The van der Waals surface area contributed by atoms with Crippen molar-refractivity contribution >= 4 is 5.82 Å². The van der Waals surface area contributed by atoms with Gasteiger partial charge in [-0.3, -0.25) is 4.68 Å². The van der Waals surface area contributed by atoms with Gasteiger partial charge in [-0.05, 0) is 0 Å². The van der Waals surface area contributed by atoms with E-state index < -0.39 is 0 Å². The van der Waals surface area contributed by atoms with Crippen LogP contribution in [-0.2, 0) is 7.05 Å². The summed E-state index contributed by atoms with van der Waals surface area (Å²) in [5, 5.41) is 11.5. The number of aromatic nitrogens is 5. The van der Waals surface area contributed by atoms with Gasteiger partial charge >= 0.3 is 0 Å². The molecule has 2 aromatic rings. The average molecular weight is 164 g/mol. The summed E-state index contributed by atoms with van der Waals surface area (Å²) in [5.41, 5.74) is 5.41. The first-order valence-corrected chi connectivity index (χ1v) is 3.43. The number of hydrogen-bond acceptors (Lipinski definition) is 4. The second kappa shape index (κ2) is 2.33. The molecule has 0 aliphatic carbocycles. The molecule has 12 heavy (non-hydrogen) atoms. The van der Waals surface area contributed by atoms with Gasteiger partial charge in [-0.2, -0.15) is 5.10 Å². The molecule has 0 saturated carbocycles. The van der Waals surface area contributed by atoms with Gasteiger partial charge in [0.25, 0.3) is 0 Å². The maximum absolute atomic E-state index is 5.41. The first kappa shape index (κ1) is 6.84. The molecule has 0 saturated heterocycles. The van der Waals surface area contributed by atoms with Crippen molar-refractivity contribution in [3.63, 3.8) is 0 Å². The van der Waals surface area contributed by atoms with Crippen LogP contribution in [0, 0.1) is 0 Å². The maximum Gasteiger partial charge on any atom is 0.166 e. The molecule has 0 unspecified atom stereocenters. The monoisotopic (exact) mass is 164 g/mol. The zero-order valence-electron chi connectivity index (χ0n) is 6.55. The van der Waals surface area contributed by atoms with E-state index in [2.05, 4.69) is 15.4 Å². The highest BCUT2D eigenvalue weighted by atomic mass is 15.5. The molecule has 0 atom stereocenters. The van der Waals surface area contributed by atoms with Crippen molar-refractivity contribution in [1.29, 1.82) is 0 Å². The van der Waals surface area contributed by atoms with E-state index >= 15 is 0 Å². The van der Waals surface area contributed by atoms with E-state index in [1.807, 2.05) is 13.1 Å². The molecular formula is C6H8N6. The first-order chi connectivity index (χ1) is 5.77. The molecule has 62 valence electrons. The van der Waals surface area contributed by atoms with Gasteiger partial charge in [0.2, 0.25) is 0 Å². The van der Waals surface area contributed by atoms with Crippen LogP contribution in [0.5, 0.6) is 0 Å². The summed E-state index contributed by atoms with van der Waals surface area (Å²) in [7, 11) is 1.83. The van der Waals surface area contributed by atoms with Crippen LogP contribution in [0.25, 0.3) is 5.82 Å². The van der Waals surface area contributed by atoms with Gasteiger partial charge in [-0.25, -0.2) is 4.68 Å². The summed E-state index contributed by atoms with van der Waals surface area (Å²) >= 11 is 0. The smallest absolute Gasteiger partial charge is 0.166 e. The predicted molar refractivity (Wildman–Crippen MR) is 42.5 cm³/mol. The van der Waals surface area contributed by atoms with Gasteiger partial charge in [-0.1, -0.05) is 5.21 Å². The van der Waals surface area contributed by atoms with E-state index in [4.69, 9.17) is 5.73 Å². The molecule has 6 heteroatoms. The summed E-state index contributed by atoms with van der Waals surface area (Å²) in [5.74, 6) is 1.23. The molecule has 0 aliphatic heterocycles. The number of nitrogen functional groups attached to an aromatic ring is 1. The third-order valence-corrected chi connectivity index (χ3v) is 1.54. The fourth-order valence-corrected chi connectivity index (χ4v) is 0.980. The van der Waals surface area contributed by atoms with E-state index in [0.29, 0.717) is 5.82 Å². The Hall–Kier alpha value is -1.85. The molecule has 0 aromatic carbocycles. The van der Waals surface area contributed by atoms with Gasteiger partial charge < -0.3 is 5.73 Å². The summed E-state index contributed by atoms with van der Waals surface area (Å²) in [4.78, 5) is 0. The Labute approximate surface area is 68.6 Å². The van der Waals surface area contributed by atoms with Crippen LogP contribution >= 0.6 is 0 Å². The quantitative estimate of drug-likeness (QED) is 0.621. The minimum absolute atomic E-state index is 0.399. The number of anilines is 1. The molecule has 0 spiro atoms. The van der Waals surface area contributed by atoms with Crippen LogP contribution in [-0.4, -0.2) is 24.8 Å². The van der Waals surface area contributed by atoms with Gasteiger partial charge in [0.15, 0.2) is 11.6 Å². The van der Waals surface area contributed by atoms with E-state index in [0.717, 1.165) is 5.82 Å². The molecule has 0 aliphatic rings. The normalized spacial score (nSPS) is 10.4. The van der Waals surface area contributed by atoms with Crippen molar-refractivity contribution in [3.05, 3.63) is 18.5 Å². The molecule has 6 nitrogen and oxygen atoms in total. The Balaban J connectivity index is 2.50. The van der Waals surface area contributed by atoms with Crippen molar-refractivity contribution in [3.8, 4) is 5.82 Å². The lowest BCUT2D eigenvalue weighted by atomic mass is 10.6. The van der Waals surface area contributed by atoms with E-state index in [1.165, 1.54) is 0 Å². The van der Waals surface area contributed by atoms with Gasteiger partial charge in [-0.15, -0.1) is 5.10 Å². The number of nitrogens with zero attached hydrogens (tertiary/aromatic N) is 5. The molecule has 2 N–H and O–H groups in total. The van der Waals surface area contributed by atoms with Crippen LogP contribution in [0.1, 0.15) is 0 Å². The number of hydrogen-bond donors (Lipinski definition) is 1. The van der Waals surface area contributed by atoms with Crippen molar-refractivity contribution in [2.24, 2.45) is 7.05 Å². The zero-order valence-corrected chi connectivity index (χ0v) is 6.55. The minimum Gasteiger partial charge on any atom is -0.381 e. The predicted octanol–water partition coefficient (Wildman–Crippen LogP) is -0.417. The lowest BCUT2D eigenvalue weighted by Gasteiger charge is -1.97. The third-order valence-electron chi connectivity index (χ3n) is 1.54. The molecule has 0 fully saturated rings. The van der Waals surface area contributed by atoms with Crippen molar-refractivity contribution in [2.45, 2.75) is 0 Å². The lowest BCUT2D eigenvalue weighted by molar-refractivity contribution is 0.681. The number of aryl methyl sites for hydroxylation is 1. The Morgan fingerprint density at radius 2 is 2.33 bits per heavy atom. The van der Waals surface area contributed by atoms with E-state index in [-0.39, 0.29) is 0 Å². The van der Waals surface area contributed by atoms with Gasteiger partial charge in [0.05, 0.1) is 12.4 Å². The molecule has 0 amide bonds. The first-order valence-electron chi connectivity index (χ1n) is 3.43. The van der Waals surface area contributed by atoms with E-state index in [1.54, 1.807) is 21.8 Å². The highest BCUT2D eigenvalue weighted by Gasteiger charge is 2.02. The highest BCUT2D eigenvalue weighted by molar-refractivity contribution is 5.27. The Morgan fingerprint density at radius 1 is 1.50 bits per heavy atom. The average Bonchev–Trinajstić information content (AvgIpc) is 2.58. The second-order valence-corrected chi connectivity index (χ2v) is 2.40. The maximum atomic E-state index is 5.41. The topological polar surface area (TPSA) is 74.5 Å². The minimum atomic E-state index is 0.399. The van der Waals surface area contributed by atoms with Gasteiger partial charge in [0.1, 0.15) is 0 Å². The highest BCUT2D eigenvalue weighted by Crippen LogP contribution is 2.04. The summed E-state index contributed by atoms with van der Waals surface area (Å²) in [6.07, 6.45) is 3.32. The summed E-state index contributed by atoms with van der Waals surface area (Å²) in [6.45, 7) is 0. The molecular weight excluding hydrogens is 156 g/mol. The third kappa shape index (κ3) is 0.931. The second-order valence-electron chi connectivity index (χ2n) is 2.40. The van der Waals surface area contributed by atoms with Crippen molar-refractivity contribution < 1.29 is 0 Å². The molecule has 2 heterocycles. The standard InChI is InChI=1S/C6H8N6/c1-11-6(2-3-8-11)12-4-5(7)9-10-12/h2-4H,7H2,1H3. The Bertz CT molecular complexity index is 386. The van der Waals surface area contributed by atoms with Crippen LogP contribution < -0.4 is 5.73 Å². The largest absolute Gasteiger partial charge is 0.381 e. The summed E-state index contributed by atoms with van der Waals surface area (Å²) in [6, 6.07) is 1.83. The SMILES string of the molecule is Cn1nccc1-n1cc(N)nn1. The van der Waals surface area contributed by atoms with Crippen molar-refractivity contribution in [1.82, 2.24) is 24.8 Å². The van der Waals surface area contributed by atoms with Crippen molar-refractivity contribution in [2.75, 3.05) is 5.73 Å². The summed E-state index contributed by atoms with van der Waals surface area (Å²) < 4.78 is 3.26.